The van der Waals surface area contributed by atoms with Gasteiger partial charge in [-0.2, -0.15) is 4.98 Å². The fourth-order valence-corrected chi connectivity index (χ4v) is 5.76. The van der Waals surface area contributed by atoms with Crippen LogP contribution in [0.25, 0.3) is 0 Å². The molecule has 5 fully saturated rings. The molecule has 1 aromatic rings. The monoisotopic (exact) mass is 386 g/mol. The van der Waals surface area contributed by atoms with Crippen LogP contribution >= 0.6 is 0 Å². The summed E-state index contributed by atoms with van der Waals surface area (Å²) in [6, 6.07) is 0.561. The van der Waals surface area contributed by atoms with Gasteiger partial charge in [-0.1, -0.05) is 0 Å². The number of nitrogens with one attached hydrogen (secondary N) is 2. The van der Waals surface area contributed by atoms with Gasteiger partial charge >= 0.3 is 0 Å². The van der Waals surface area contributed by atoms with Gasteiger partial charge in [0, 0.05) is 18.3 Å². The van der Waals surface area contributed by atoms with Crippen LogP contribution in [0.3, 0.4) is 0 Å². The molecule has 7 heteroatoms. The van der Waals surface area contributed by atoms with Crippen LogP contribution in [0.15, 0.2) is 6.20 Å². The van der Waals surface area contributed by atoms with E-state index in [0.29, 0.717) is 41.2 Å². The van der Waals surface area contributed by atoms with Crippen LogP contribution in [-0.4, -0.2) is 44.8 Å². The van der Waals surface area contributed by atoms with Crippen molar-refractivity contribution in [1.29, 1.82) is 0 Å². The number of hydrogen-bond donors (Lipinski definition) is 3. The molecule has 7 nitrogen and oxygen atoms in total. The van der Waals surface area contributed by atoms with Gasteiger partial charge in [0.2, 0.25) is 11.8 Å². The summed E-state index contributed by atoms with van der Waals surface area (Å²) < 4.78 is 5.84. The van der Waals surface area contributed by atoms with Gasteiger partial charge < -0.3 is 20.5 Å². The molecule has 1 amide bonds. The van der Waals surface area contributed by atoms with E-state index < -0.39 is 5.60 Å². The van der Waals surface area contributed by atoms with Gasteiger partial charge in [0.1, 0.15) is 5.56 Å². The molecule has 5 aliphatic carbocycles. The van der Waals surface area contributed by atoms with Crippen LogP contribution in [-0.2, 0) is 0 Å². The molecule has 1 aromatic heterocycles. The summed E-state index contributed by atoms with van der Waals surface area (Å²) in [7, 11) is 0. The highest BCUT2D eigenvalue weighted by Crippen LogP contribution is 2.55. The Hall–Kier alpha value is -1.89. The van der Waals surface area contributed by atoms with Gasteiger partial charge in [-0.25, -0.2) is 4.98 Å². The maximum Gasteiger partial charge on any atom is 0.258 e. The zero-order valence-corrected chi connectivity index (χ0v) is 16.6. The van der Waals surface area contributed by atoms with E-state index in [1.54, 1.807) is 6.20 Å². The standard InChI is InChI=1S/C21H30N4O3/c1-11(2)28-19-16(10-22-20(25-19)23-15-3-4-15)18(26)24-17-13-5-12-6-14(17)9-21(27,7-12)8-13/h10-15,17,27H,3-9H2,1-2H3,(H,24,26)(H,22,23,25). The van der Waals surface area contributed by atoms with Crippen molar-refractivity contribution in [3.63, 3.8) is 0 Å². The largest absolute Gasteiger partial charge is 0.474 e. The van der Waals surface area contributed by atoms with Crippen LogP contribution < -0.4 is 15.4 Å². The van der Waals surface area contributed by atoms with E-state index >= 15 is 0 Å². The normalized spacial score (nSPS) is 35.9. The molecule has 6 rings (SSSR count). The minimum absolute atomic E-state index is 0.0781. The molecule has 0 spiro atoms. The predicted octanol–water partition coefficient (Wildman–Crippen LogP) is 2.51. The van der Waals surface area contributed by atoms with Crippen molar-refractivity contribution in [2.75, 3.05) is 5.32 Å². The Kier molecular flexibility index (Phi) is 4.27. The van der Waals surface area contributed by atoms with Gasteiger partial charge in [0.25, 0.3) is 5.91 Å². The second kappa shape index (κ2) is 6.58. The Balaban J connectivity index is 1.34. The molecular weight excluding hydrogens is 356 g/mol. The van der Waals surface area contributed by atoms with Crippen molar-refractivity contribution in [3.8, 4) is 5.88 Å². The summed E-state index contributed by atoms with van der Waals surface area (Å²) in [6.07, 6.45) is 8.53. The number of amides is 1. The quantitative estimate of drug-likeness (QED) is 0.695. The second-order valence-corrected chi connectivity index (χ2v) is 9.69. The Morgan fingerprint density at radius 3 is 2.57 bits per heavy atom. The van der Waals surface area contributed by atoms with Gasteiger partial charge in [0.05, 0.1) is 11.7 Å². The van der Waals surface area contributed by atoms with Crippen LogP contribution in [0.2, 0.25) is 0 Å². The third kappa shape index (κ3) is 3.45. The average Bonchev–Trinajstić information content (AvgIpc) is 3.40. The first-order valence-electron chi connectivity index (χ1n) is 10.7. The zero-order chi connectivity index (χ0) is 19.5. The van der Waals surface area contributed by atoms with Crippen molar-refractivity contribution in [2.24, 2.45) is 17.8 Å². The van der Waals surface area contributed by atoms with Crippen molar-refractivity contribution in [2.45, 2.75) is 82.6 Å². The number of hydrogen-bond acceptors (Lipinski definition) is 6. The summed E-state index contributed by atoms with van der Waals surface area (Å²) in [5.74, 6) is 2.04. The third-order valence-electron chi connectivity index (χ3n) is 6.79. The van der Waals surface area contributed by atoms with Crippen molar-refractivity contribution in [3.05, 3.63) is 11.8 Å². The van der Waals surface area contributed by atoms with Crippen LogP contribution in [0.4, 0.5) is 5.95 Å². The number of rotatable bonds is 6. The molecule has 3 N–H and O–H groups in total. The maximum absolute atomic E-state index is 13.1. The number of nitrogens with zero attached hydrogens (tertiary/aromatic N) is 2. The molecule has 28 heavy (non-hydrogen) atoms. The lowest BCUT2D eigenvalue weighted by Gasteiger charge is -2.58. The first kappa shape index (κ1) is 18.2. The SMILES string of the molecule is CC(C)Oc1nc(NC2CC2)ncc1C(=O)NC1C2CC3CC1CC(O)(C3)C2. The molecule has 152 valence electrons. The fourth-order valence-electron chi connectivity index (χ4n) is 5.76. The van der Waals surface area contributed by atoms with E-state index in [1.165, 1.54) is 0 Å². The highest BCUT2D eigenvalue weighted by Gasteiger charge is 2.55. The van der Waals surface area contributed by atoms with Crippen molar-refractivity contribution >= 4 is 11.9 Å². The van der Waals surface area contributed by atoms with Crippen LogP contribution in [0.1, 0.15) is 69.2 Å². The minimum Gasteiger partial charge on any atom is -0.474 e. The summed E-state index contributed by atoms with van der Waals surface area (Å²) in [6.45, 7) is 3.85. The topological polar surface area (TPSA) is 96.4 Å². The molecule has 1 heterocycles. The van der Waals surface area contributed by atoms with E-state index in [2.05, 4.69) is 20.6 Å². The van der Waals surface area contributed by atoms with Crippen molar-refractivity contribution < 1.29 is 14.6 Å². The first-order chi connectivity index (χ1) is 13.4. The average molecular weight is 386 g/mol. The van der Waals surface area contributed by atoms with E-state index in [-0.39, 0.29) is 18.1 Å². The molecule has 0 radical (unpaired) electrons. The van der Waals surface area contributed by atoms with Gasteiger partial charge in [0.15, 0.2) is 0 Å². The molecule has 5 aliphatic rings. The number of carbonyl (C=O) groups is 1. The lowest BCUT2D eigenvalue weighted by atomic mass is 9.52. The Morgan fingerprint density at radius 1 is 1.25 bits per heavy atom. The summed E-state index contributed by atoms with van der Waals surface area (Å²) in [4.78, 5) is 21.9. The predicted molar refractivity (Wildman–Crippen MR) is 104 cm³/mol. The second-order valence-electron chi connectivity index (χ2n) is 9.69. The van der Waals surface area contributed by atoms with Crippen LogP contribution in [0, 0.1) is 17.8 Å². The molecular formula is C21H30N4O3. The molecule has 2 atom stereocenters. The maximum atomic E-state index is 13.1. The molecule has 0 aromatic carbocycles. The first-order valence-corrected chi connectivity index (χ1v) is 10.7. The van der Waals surface area contributed by atoms with E-state index in [0.717, 1.165) is 44.9 Å². The third-order valence-corrected chi connectivity index (χ3v) is 6.79. The lowest BCUT2D eigenvalue weighted by Crippen LogP contribution is -2.61. The van der Waals surface area contributed by atoms with E-state index in [1.807, 2.05) is 13.8 Å². The van der Waals surface area contributed by atoms with Crippen LogP contribution in [0.5, 0.6) is 5.88 Å². The molecule has 5 saturated carbocycles. The summed E-state index contributed by atoms with van der Waals surface area (Å²) in [5.41, 5.74) is -0.106. The number of ether oxygens (including phenoxy) is 1. The zero-order valence-electron chi connectivity index (χ0n) is 16.6. The number of carbonyl (C=O) groups excluding carboxylic acids is 1. The lowest BCUT2D eigenvalue weighted by molar-refractivity contribution is -0.136. The summed E-state index contributed by atoms with van der Waals surface area (Å²) in [5, 5.41) is 17.3. The van der Waals surface area contributed by atoms with Gasteiger partial charge in [-0.15, -0.1) is 0 Å². The molecule has 0 aliphatic heterocycles. The van der Waals surface area contributed by atoms with E-state index in [4.69, 9.17) is 4.74 Å². The molecule has 4 bridgehead atoms. The molecule has 0 saturated heterocycles. The number of aliphatic hydroxyl groups is 1. The summed E-state index contributed by atoms with van der Waals surface area (Å²) >= 11 is 0. The van der Waals surface area contributed by atoms with Gasteiger partial charge in [-0.3, -0.25) is 4.79 Å². The fraction of sp³-hybridized carbons (Fsp3) is 0.762. The Morgan fingerprint density at radius 2 is 1.96 bits per heavy atom. The Labute approximate surface area is 165 Å². The van der Waals surface area contributed by atoms with Gasteiger partial charge in [-0.05, 0) is 76.5 Å². The highest BCUT2D eigenvalue weighted by molar-refractivity contribution is 5.96. The number of anilines is 1. The smallest absolute Gasteiger partial charge is 0.258 e. The highest BCUT2D eigenvalue weighted by atomic mass is 16.5. The minimum atomic E-state index is -0.497. The van der Waals surface area contributed by atoms with Crippen molar-refractivity contribution in [1.82, 2.24) is 15.3 Å². The molecule has 2 unspecified atom stereocenters. The Bertz CT molecular complexity index is 763. The van der Waals surface area contributed by atoms with E-state index in [9.17, 15) is 9.90 Å². The number of aromatic nitrogens is 2.